The summed E-state index contributed by atoms with van der Waals surface area (Å²) in [5.41, 5.74) is 0.692. The number of rotatable bonds is 3. The molecule has 0 unspecified atom stereocenters. The zero-order chi connectivity index (χ0) is 14.4. The Hall–Kier alpha value is -1.42. The van der Waals surface area contributed by atoms with Crippen LogP contribution in [0, 0.1) is 11.7 Å². The second kappa shape index (κ2) is 4.80. The number of hydrogen-bond donors (Lipinski definition) is 0. The molecular formula is C17H21FN2O. The molecule has 1 aromatic rings. The number of benzene rings is 1. The second-order valence-electron chi connectivity index (χ2n) is 6.82. The van der Waals surface area contributed by atoms with Gasteiger partial charge in [-0.05, 0) is 49.3 Å². The van der Waals surface area contributed by atoms with Gasteiger partial charge in [-0.15, -0.1) is 0 Å². The zero-order valence-corrected chi connectivity index (χ0v) is 12.2. The minimum Gasteiger partial charge on any atom is -0.341 e. The van der Waals surface area contributed by atoms with Crippen LogP contribution < -0.4 is 0 Å². The first-order chi connectivity index (χ1) is 10.2. The molecule has 1 amide bonds. The quantitative estimate of drug-likeness (QED) is 0.853. The van der Waals surface area contributed by atoms with E-state index >= 15 is 0 Å². The summed E-state index contributed by atoms with van der Waals surface area (Å²) >= 11 is 0. The number of likely N-dealkylation sites (tertiary alicyclic amines) is 1. The summed E-state index contributed by atoms with van der Waals surface area (Å²) in [6.07, 6.45) is 4.26. The van der Waals surface area contributed by atoms with Crippen molar-refractivity contribution in [3.63, 3.8) is 0 Å². The molecule has 0 radical (unpaired) electrons. The van der Waals surface area contributed by atoms with Crippen molar-refractivity contribution in [1.82, 2.24) is 9.80 Å². The van der Waals surface area contributed by atoms with Crippen molar-refractivity contribution in [3.8, 4) is 0 Å². The predicted molar refractivity (Wildman–Crippen MR) is 78.1 cm³/mol. The third kappa shape index (κ3) is 2.08. The Balaban J connectivity index is 1.53. The molecule has 3 aliphatic heterocycles. The fourth-order valence-electron chi connectivity index (χ4n) is 4.37. The molecule has 0 aromatic heterocycles. The van der Waals surface area contributed by atoms with Gasteiger partial charge < -0.3 is 4.90 Å². The van der Waals surface area contributed by atoms with Crippen LogP contribution in [0.1, 0.15) is 31.2 Å². The topological polar surface area (TPSA) is 23.6 Å². The summed E-state index contributed by atoms with van der Waals surface area (Å²) in [5, 5.41) is 0. The number of carbonyl (C=O) groups is 1. The van der Waals surface area contributed by atoms with Gasteiger partial charge in [-0.1, -0.05) is 12.1 Å². The van der Waals surface area contributed by atoms with E-state index in [1.807, 2.05) is 11.0 Å². The number of hydrogen-bond acceptors (Lipinski definition) is 2. The van der Waals surface area contributed by atoms with Gasteiger partial charge in [-0.3, -0.25) is 9.69 Å². The van der Waals surface area contributed by atoms with Gasteiger partial charge in [0.2, 0.25) is 5.91 Å². The minimum absolute atomic E-state index is 0.195. The van der Waals surface area contributed by atoms with Gasteiger partial charge >= 0.3 is 0 Å². The average Bonchev–Trinajstić information content (AvgIpc) is 3.11. The van der Waals surface area contributed by atoms with Gasteiger partial charge in [0.15, 0.2) is 0 Å². The molecule has 5 rings (SSSR count). The van der Waals surface area contributed by atoms with Crippen molar-refractivity contribution >= 4 is 5.91 Å². The van der Waals surface area contributed by atoms with Gasteiger partial charge in [0.25, 0.3) is 0 Å². The van der Waals surface area contributed by atoms with Crippen LogP contribution in [0.2, 0.25) is 0 Å². The van der Waals surface area contributed by atoms with E-state index in [9.17, 15) is 9.18 Å². The fourth-order valence-corrected chi connectivity index (χ4v) is 4.37. The van der Waals surface area contributed by atoms with Gasteiger partial charge in [0, 0.05) is 26.2 Å². The number of fused-ring (bicyclic) bond motifs is 1. The zero-order valence-electron chi connectivity index (χ0n) is 12.2. The molecule has 0 spiro atoms. The number of nitrogens with zero attached hydrogens (tertiary/aromatic N) is 2. The maximum Gasteiger partial charge on any atom is 0.243 e. The van der Waals surface area contributed by atoms with E-state index in [4.69, 9.17) is 0 Å². The first-order valence-corrected chi connectivity index (χ1v) is 7.96. The van der Waals surface area contributed by atoms with Crippen LogP contribution in [0.4, 0.5) is 4.39 Å². The van der Waals surface area contributed by atoms with E-state index < -0.39 is 0 Å². The molecule has 3 nitrogen and oxygen atoms in total. The molecule has 0 atom stereocenters. The lowest BCUT2D eigenvalue weighted by Gasteiger charge is -2.43. The van der Waals surface area contributed by atoms with Gasteiger partial charge in [-0.2, -0.15) is 0 Å². The van der Waals surface area contributed by atoms with Crippen LogP contribution in [0.15, 0.2) is 24.3 Å². The highest BCUT2D eigenvalue weighted by Gasteiger charge is 2.61. The summed E-state index contributed by atoms with van der Waals surface area (Å²) in [5.74, 6) is 0.786. The van der Waals surface area contributed by atoms with Gasteiger partial charge in [0.05, 0.1) is 0 Å². The van der Waals surface area contributed by atoms with E-state index in [0.29, 0.717) is 18.4 Å². The molecule has 21 heavy (non-hydrogen) atoms. The monoisotopic (exact) mass is 288 g/mol. The molecule has 4 fully saturated rings. The van der Waals surface area contributed by atoms with E-state index in [2.05, 4.69) is 4.90 Å². The highest BCUT2D eigenvalue weighted by Crippen LogP contribution is 2.52. The van der Waals surface area contributed by atoms with Crippen LogP contribution >= 0.6 is 0 Å². The summed E-state index contributed by atoms with van der Waals surface area (Å²) in [6.45, 7) is 3.50. The van der Waals surface area contributed by atoms with Crippen LogP contribution in [-0.2, 0) is 11.3 Å². The lowest BCUT2D eigenvalue weighted by Crippen LogP contribution is -2.57. The third-order valence-electron chi connectivity index (χ3n) is 5.39. The minimum atomic E-state index is -0.276. The number of halogens is 1. The number of amides is 1. The molecule has 3 heterocycles. The summed E-state index contributed by atoms with van der Waals surface area (Å²) < 4.78 is 13.4. The molecule has 112 valence electrons. The van der Waals surface area contributed by atoms with Crippen molar-refractivity contribution in [2.75, 3.05) is 19.6 Å². The van der Waals surface area contributed by atoms with Gasteiger partial charge in [0.1, 0.15) is 11.4 Å². The average molecular weight is 288 g/mol. The summed E-state index contributed by atoms with van der Waals surface area (Å²) in [6, 6.07) is 6.76. The molecular weight excluding hydrogens is 267 g/mol. The Morgan fingerprint density at radius 2 is 2.05 bits per heavy atom. The van der Waals surface area contributed by atoms with E-state index in [1.165, 1.54) is 6.07 Å². The van der Waals surface area contributed by atoms with Crippen molar-refractivity contribution < 1.29 is 9.18 Å². The Kier molecular flexibility index (Phi) is 3.03. The van der Waals surface area contributed by atoms with Crippen molar-refractivity contribution in [2.45, 2.75) is 37.8 Å². The first-order valence-electron chi connectivity index (χ1n) is 7.96. The van der Waals surface area contributed by atoms with Crippen molar-refractivity contribution in [3.05, 3.63) is 35.6 Å². The lowest BCUT2D eigenvalue weighted by atomic mass is 9.72. The van der Waals surface area contributed by atoms with E-state index in [1.54, 1.807) is 12.1 Å². The third-order valence-corrected chi connectivity index (χ3v) is 5.39. The summed E-state index contributed by atoms with van der Waals surface area (Å²) in [7, 11) is 0. The maximum absolute atomic E-state index is 13.4. The Labute approximate surface area is 124 Å². The van der Waals surface area contributed by atoms with Gasteiger partial charge in [-0.25, -0.2) is 4.39 Å². The fraction of sp³-hybridized carbons (Fsp3) is 0.588. The SMILES string of the molecule is O=C(N1CCCC1)C12CC(CN1Cc1cccc(F)c1)C2. The summed E-state index contributed by atoms with van der Waals surface area (Å²) in [4.78, 5) is 17.2. The lowest BCUT2D eigenvalue weighted by molar-refractivity contribution is -0.145. The largest absolute Gasteiger partial charge is 0.341 e. The predicted octanol–water partition coefficient (Wildman–Crippen LogP) is 2.41. The van der Waals surface area contributed by atoms with E-state index in [0.717, 1.165) is 50.9 Å². The second-order valence-corrected chi connectivity index (χ2v) is 6.82. The Morgan fingerprint density at radius 3 is 2.76 bits per heavy atom. The van der Waals surface area contributed by atoms with Crippen molar-refractivity contribution in [2.24, 2.45) is 5.92 Å². The first kappa shape index (κ1) is 13.3. The highest BCUT2D eigenvalue weighted by atomic mass is 19.1. The molecule has 1 aliphatic carbocycles. The smallest absolute Gasteiger partial charge is 0.243 e. The van der Waals surface area contributed by atoms with Crippen LogP contribution in [0.25, 0.3) is 0 Å². The maximum atomic E-state index is 13.4. The van der Waals surface area contributed by atoms with Crippen LogP contribution in [0.3, 0.4) is 0 Å². The Morgan fingerprint density at radius 1 is 1.29 bits per heavy atom. The number of carbonyl (C=O) groups excluding carboxylic acids is 1. The van der Waals surface area contributed by atoms with Crippen LogP contribution in [0.5, 0.6) is 0 Å². The van der Waals surface area contributed by atoms with Crippen LogP contribution in [-0.4, -0.2) is 40.9 Å². The van der Waals surface area contributed by atoms with E-state index in [-0.39, 0.29) is 11.4 Å². The molecule has 4 aliphatic rings. The molecule has 3 saturated heterocycles. The normalized spacial score (nSPS) is 31.5. The molecule has 2 bridgehead atoms. The molecule has 1 aromatic carbocycles. The standard InChI is InChI=1S/C17H21FN2O/c18-15-5-3-4-13(8-15)11-20-12-14-9-17(20,10-14)16(21)19-6-1-2-7-19/h3-5,8,14H,1-2,6-7,9-12H2. The highest BCUT2D eigenvalue weighted by molar-refractivity contribution is 5.88. The van der Waals surface area contributed by atoms with Crippen molar-refractivity contribution in [1.29, 1.82) is 0 Å². The molecule has 0 N–H and O–H groups in total. The molecule has 4 heteroatoms. The molecule has 1 saturated carbocycles. The Bertz CT molecular complexity index is 562.